The molecule has 1 saturated heterocycles. The predicted octanol–water partition coefficient (Wildman–Crippen LogP) is 1.75. The highest BCUT2D eigenvalue weighted by Crippen LogP contribution is 2.36. The average Bonchev–Trinajstić information content (AvgIpc) is 2.71. The minimum atomic E-state index is -0.216. The molecule has 0 unspecified atom stereocenters. The molecule has 3 rings (SSSR count). The maximum absolute atomic E-state index is 11.8. The molecule has 17 heavy (non-hydrogen) atoms. The molecule has 0 saturated carbocycles. The fraction of sp³-hybridized carbons (Fsp3) is 0.462. The second-order valence-corrected chi connectivity index (χ2v) is 4.51. The van der Waals surface area contributed by atoms with E-state index >= 15 is 0 Å². The summed E-state index contributed by atoms with van der Waals surface area (Å²) >= 11 is 0. The van der Waals surface area contributed by atoms with Crippen LogP contribution < -0.4 is 0 Å². The van der Waals surface area contributed by atoms with Gasteiger partial charge in [-0.2, -0.15) is 0 Å². The molecule has 90 valence electrons. The van der Waals surface area contributed by atoms with E-state index in [-0.39, 0.29) is 18.2 Å². The van der Waals surface area contributed by atoms with Crippen LogP contribution in [-0.4, -0.2) is 37.4 Å². The number of nitrogens with zero attached hydrogens (tertiary/aromatic N) is 1. The van der Waals surface area contributed by atoms with Crippen LogP contribution in [0.15, 0.2) is 24.3 Å². The lowest BCUT2D eigenvalue weighted by molar-refractivity contribution is 0.0861. The van der Waals surface area contributed by atoms with Crippen LogP contribution >= 0.6 is 0 Å². The number of benzene rings is 1. The van der Waals surface area contributed by atoms with Crippen LogP contribution in [-0.2, 0) is 15.9 Å². The lowest BCUT2D eigenvalue weighted by Gasteiger charge is -2.36. The van der Waals surface area contributed by atoms with E-state index in [1.807, 2.05) is 17.0 Å². The standard InChI is InChI=1S/C13H15NO3/c1-16-8-12-11-5-3-2-4-9(11)6-10-7-17-13(15)14(10)12/h2-5,10,12H,6-8H2,1H3/t10-,12-/m0/s1. The lowest BCUT2D eigenvalue weighted by atomic mass is 9.89. The molecule has 0 aliphatic carbocycles. The third-order valence-corrected chi connectivity index (χ3v) is 3.53. The maximum Gasteiger partial charge on any atom is 0.410 e. The highest BCUT2D eigenvalue weighted by atomic mass is 16.6. The Hall–Kier alpha value is -1.55. The third-order valence-electron chi connectivity index (χ3n) is 3.53. The van der Waals surface area contributed by atoms with E-state index in [9.17, 15) is 4.79 Å². The van der Waals surface area contributed by atoms with Crippen LogP contribution in [0, 0.1) is 0 Å². The molecular weight excluding hydrogens is 218 g/mol. The molecule has 1 amide bonds. The molecule has 1 aromatic rings. The van der Waals surface area contributed by atoms with Crippen molar-refractivity contribution in [2.45, 2.75) is 18.5 Å². The van der Waals surface area contributed by atoms with E-state index < -0.39 is 0 Å². The first-order valence-corrected chi connectivity index (χ1v) is 5.83. The van der Waals surface area contributed by atoms with Gasteiger partial charge in [-0.05, 0) is 17.5 Å². The van der Waals surface area contributed by atoms with Gasteiger partial charge < -0.3 is 9.47 Å². The minimum absolute atomic E-state index is 0.00931. The topological polar surface area (TPSA) is 38.8 Å². The molecule has 0 N–H and O–H groups in total. The van der Waals surface area contributed by atoms with Crippen molar-refractivity contribution < 1.29 is 14.3 Å². The van der Waals surface area contributed by atoms with Gasteiger partial charge in [0.25, 0.3) is 0 Å². The number of hydrogen-bond donors (Lipinski definition) is 0. The molecule has 2 heterocycles. The number of hydrogen-bond acceptors (Lipinski definition) is 3. The van der Waals surface area contributed by atoms with Gasteiger partial charge in [0, 0.05) is 7.11 Å². The van der Waals surface area contributed by atoms with Crippen molar-refractivity contribution in [2.24, 2.45) is 0 Å². The van der Waals surface area contributed by atoms with Crippen LogP contribution in [0.2, 0.25) is 0 Å². The van der Waals surface area contributed by atoms with Crippen LogP contribution in [0.1, 0.15) is 17.2 Å². The van der Waals surface area contributed by atoms with Gasteiger partial charge in [0.1, 0.15) is 6.61 Å². The quantitative estimate of drug-likeness (QED) is 0.781. The largest absolute Gasteiger partial charge is 0.447 e. The van der Waals surface area contributed by atoms with Crippen LogP contribution in [0.25, 0.3) is 0 Å². The molecule has 4 heteroatoms. The van der Waals surface area contributed by atoms with Crippen LogP contribution in [0.4, 0.5) is 4.79 Å². The van der Waals surface area contributed by atoms with Crippen molar-refractivity contribution >= 4 is 6.09 Å². The fourth-order valence-electron chi connectivity index (χ4n) is 2.79. The first-order valence-electron chi connectivity index (χ1n) is 5.83. The average molecular weight is 233 g/mol. The second kappa shape index (κ2) is 4.04. The summed E-state index contributed by atoms with van der Waals surface area (Å²) in [6, 6.07) is 8.39. The van der Waals surface area contributed by atoms with Crippen molar-refractivity contribution in [3.8, 4) is 0 Å². The summed E-state index contributed by atoms with van der Waals surface area (Å²) < 4.78 is 10.4. The van der Waals surface area contributed by atoms with E-state index in [1.165, 1.54) is 11.1 Å². The van der Waals surface area contributed by atoms with Crippen molar-refractivity contribution in [1.29, 1.82) is 0 Å². The summed E-state index contributed by atoms with van der Waals surface area (Å²) in [5.41, 5.74) is 2.48. The Morgan fingerprint density at radius 3 is 3.12 bits per heavy atom. The zero-order chi connectivity index (χ0) is 11.8. The number of carbonyl (C=O) groups is 1. The van der Waals surface area contributed by atoms with Crippen molar-refractivity contribution in [3.63, 3.8) is 0 Å². The summed E-state index contributed by atoms with van der Waals surface area (Å²) in [4.78, 5) is 13.6. The Kier molecular flexibility index (Phi) is 2.52. The smallest absolute Gasteiger partial charge is 0.410 e. The first kappa shape index (κ1) is 10.6. The van der Waals surface area contributed by atoms with Gasteiger partial charge in [0.2, 0.25) is 0 Å². The fourth-order valence-corrected chi connectivity index (χ4v) is 2.79. The van der Waals surface area contributed by atoms with Gasteiger partial charge in [0.05, 0.1) is 18.7 Å². The van der Waals surface area contributed by atoms with Gasteiger partial charge in [-0.1, -0.05) is 24.3 Å². The Morgan fingerprint density at radius 1 is 1.47 bits per heavy atom. The summed E-state index contributed by atoms with van der Waals surface area (Å²) in [6.45, 7) is 1.01. The first-order chi connectivity index (χ1) is 8.31. The number of cyclic esters (lactones) is 1. The molecule has 0 spiro atoms. The molecule has 0 bridgehead atoms. The predicted molar refractivity (Wildman–Crippen MR) is 61.7 cm³/mol. The molecule has 0 aromatic heterocycles. The molecule has 4 nitrogen and oxygen atoms in total. The number of amides is 1. The van der Waals surface area contributed by atoms with E-state index in [2.05, 4.69) is 12.1 Å². The number of fused-ring (bicyclic) bond motifs is 2. The van der Waals surface area contributed by atoms with E-state index in [0.29, 0.717) is 13.2 Å². The minimum Gasteiger partial charge on any atom is -0.447 e. The van der Waals surface area contributed by atoms with Crippen LogP contribution in [0.3, 0.4) is 0 Å². The van der Waals surface area contributed by atoms with Crippen molar-refractivity contribution in [2.75, 3.05) is 20.3 Å². The van der Waals surface area contributed by atoms with Gasteiger partial charge in [-0.25, -0.2) is 4.79 Å². The summed E-state index contributed by atoms with van der Waals surface area (Å²) in [7, 11) is 1.66. The lowest BCUT2D eigenvalue weighted by Crippen LogP contribution is -2.44. The summed E-state index contributed by atoms with van der Waals surface area (Å²) in [6.07, 6.45) is 0.661. The number of rotatable bonds is 2. The molecule has 1 fully saturated rings. The maximum atomic E-state index is 11.8. The molecule has 2 aliphatic heterocycles. The van der Waals surface area contributed by atoms with E-state index in [4.69, 9.17) is 9.47 Å². The molecule has 0 radical (unpaired) electrons. The number of methoxy groups -OCH3 is 1. The SMILES string of the molecule is COC[C@H]1c2ccccc2C[C@H]2COC(=O)N21. The Bertz CT molecular complexity index is 446. The molecule has 2 aliphatic rings. The zero-order valence-electron chi connectivity index (χ0n) is 9.76. The second-order valence-electron chi connectivity index (χ2n) is 4.51. The Morgan fingerprint density at radius 2 is 2.29 bits per heavy atom. The normalized spacial score (nSPS) is 26.4. The number of ether oxygens (including phenoxy) is 2. The Balaban J connectivity index is 2.03. The van der Waals surface area contributed by atoms with Gasteiger partial charge in [-0.3, -0.25) is 4.90 Å². The highest BCUT2D eigenvalue weighted by molar-refractivity contribution is 5.71. The van der Waals surface area contributed by atoms with E-state index in [1.54, 1.807) is 7.11 Å². The van der Waals surface area contributed by atoms with E-state index in [0.717, 1.165) is 6.42 Å². The third kappa shape index (κ3) is 1.60. The molecular formula is C13H15NO3. The molecule has 1 aromatic carbocycles. The van der Waals surface area contributed by atoms with Gasteiger partial charge >= 0.3 is 6.09 Å². The summed E-state index contributed by atoms with van der Waals surface area (Å²) in [5, 5.41) is 0. The van der Waals surface area contributed by atoms with Gasteiger partial charge in [0.15, 0.2) is 0 Å². The monoisotopic (exact) mass is 233 g/mol. The summed E-state index contributed by atoms with van der Waals surface area (Å²) in [5.74, 6) is 0. The Labute approximate surface area is 100 Å². The molecule has 2 atom stereocenters. The highest BCUT2D eigenvalue weighted by Gasteiger charge is 2.42. The van der Waals surface area contributed by atoms with Gasteiger partial charge in [-0.15, -0.1) is 0 Å². The number of carbonyl (C=O) groups excluding carboxylic acids is 1. The van der Waals surface area contributed by atoms with Crippen molar-refractivity contribution in [3.05, 3.63) is 35.4 Å². The van der Waals surface area contributed by atoms with Crippen molar-refractivity contribution in [1.82, 2.24) is 4.90 Å². The zero-order valence-corrected chi connectivity index (χ0v) is 9.76. The van der Waals surface area contributed by atoms with Crippen LogP contribution in [0.5, 0.6) is 0 Å².